The number of carbonyl (C=O) groups is 1. The maximum absolute atomic E-state index is 13.8. The van der Waals surface area contributed by atoms with Crippen molar-refractivity contribution in [1.82, 2.24) is 14.0 Å². The first kappa shape index (κ1) is 39.3. The monoisotopic (exact) mass is 749 g/mol. The predicted molar refractivity (Wildman–Crippen MR) is 201 cm³/mol. The number of carboxylic acid groups (broad SMARTS) is 1. The Balaban J connectivity index is 0.000000757. The number of aliphatic carboxylic acids is 1. The fourth-order valence-electron chi connectivity index (χ4n) is 6.21. The van der Waals surface area contributed by atoms with Crippen LogP contribution in [-0.4, -0.2) is 65.6 Å². The van der Waals surface area contributed by atoms with Crippen LogP contribution < -0.4 is 20.6 Å². The molecule has 4 aromatic carbocycles. The molecule has 55 heavy (non-hydrogen) atoms. The van der Waals surface area contributed by atoms with Crippen LogP contribution in [0.25, 0.3) is 43.8 Å². The van der Waals surface area contributed by atoms with Gasteiger partial charge in [0.25, 0.3) is 11.1 Å². The number of alkyl halides is 3. The average molecular weight is 750 g/mol. The lowest BCUT2D eigenvalue weighted by molar-refractivity contribution is -0.192. The number of nitrogens with zero attached hydrogens (tertiary/aromatic N) is 5. The Morgan fingerprint density at radius 1 is 0.691 bits per heavy atom. The van der Waals surface area contributed by atoms with Gasteiger partial charge >= 0.3 is 12.1 Å². The number of methoxy groups -OCH3 is 2. The highest BCUT2D eigenvalue weighted by Crippen LogP contribution is 2.34. The molecule has 0 saturated carbocycles. The molecule has 0 bridgehead atoms. The van der Waals surface area contributed by atoms with Crippen LogP contribution in [-0.2, 0) is 17.9 Å². The molecule has 0 fully saturated rings. The molecular weight excluding hydrogens is 715 g/mol. The number of halogens is 3. The van der Waals surface area contributed by atoms with Gasteiger partial charge in [0.2, 0.25) is 0 Å². The summed E-state index contributed by atoms with van der Waals surface area (Å²) in [5, 5.41) is 30.2. The van der Waals surface area contributed by atoms with Crippen LogP contribution in [0.5, 0.6) is 11.5 Å². The molecule has 6 rings (SSSR count). The fourth-order valence-corrected chi connectivity index (χ4v) is 6.21. The van der Waals surface area contributed by atoms with Crippen molar-refractivity contribution in [2.24, 2.45) is 0 Å². The lowest BCUT2D eigenvalue weighted by atomic mass is 9.96. The quantitative estimate of drug-likeness (QED) is 0.162. The van der Waals surface area contributed by atoms with Crippen molar-refractivity contribution in [2.75, 3.05) is 34.4 Å². The van der Waals surface area contributed by atoms with Gasteiger partial charge in [-0.2, -0.15) is 23.7 Å². The number of likely N-dealkylation sites (N-methyl/N-ethyl adjacent to an activating group) is 1. The van der Waals surface area contributed by atoms with Crippen LogP contribution >= 0.6 is 0 Å². The van der Waals surface area contributed by atoms with Crippen molar-refractivity contribution >= 4 is 27.5 Å². The smallest absolute Gasteiger partial charge is 0.490 e. The van der Waals surface area contributed by atoms with Gasteiger partial charge in [-0.1, -0.05) is 60.7 Å². The topological polar surface area (TPSA) is 151 Å². The maximum atomic E-state index is 13.8. The number of hydrogen-bond donors (Lipinski definition) is 1. The highest BCUT2D eigenvalue weighted by molar-refractivity contribution is 6.00. The molecule has 1 N–H and O–H groups in total. The van der Waals surface area contributed by atoms with E-state index in [-0.39, 0.29) is 35.6 Å². The highest BCUT2D eigenvalue weighted by atomic mass is 19.4. The van der Waals surface area contributed by atoms with Gasteiger partial charge in [-0.05, 0) is 54.6 Å². The number of aromatic nitrogens is 2. The molecule has 0 unspecified atom stereocenters. The third kappa shape index (κ3) is 8.35. The van der Waals surface area contributed by atoms with Gasteiger partial charge in [-0.25, -0.2) is 4.79 Å². The summed E-state index contributed by atoms with van der Waals surface area (Å²) in [6.07, 6.45) is -5.08. The molecular formula is C41H34F3N5O6. The zero-order valence-corrected chi connectivity index (χ0v) is 29.9. The number of fused-ring (bicyclic) bond motifs is 2. The molecule has 14 heteroatoms. The highest BCUT2D eigenvalue weighted by Gasteiger charge is 2.38. The van der Waals surface area contributed by atoms with E-state index < -0.39 is 12.1 Å². The third-order valence-electron chi connectivity index (χ3n) is 8.95. The van der Waals surface area contributed by atoms with Crippen molar-refractivity contribution in [3.8, 4) is 45.9 Å². The van der Waals surface area contributed by atoms with Crippen molar-refractivity contribution in [2.45, 2.75) is 19.3 Å². The molecule has 280 valence electrons. The Morgan fingerprint density at radius 3 is 1.36 bits per heavy atom. The van der Waals surface area contributed by atoms with E-state index in [0.29, 0.717) is 57.3 Å². The zero-order valence-electron chi connectivity index (χ0n) is 29.9. The molecule has 0 amide bonds. The molecule has 11 nitrogen and oxygen atoms in total. The van der Waals surface area contributed by atoms with Gasteiger partial charge < -0.3 is 19.5 Å². The van der Waals surface area contributed by atoms with Crippen LogP contribution in [0.2, 0.25) is 0 Å². The van der Waals surface area contributed by atoms with Gasteiger partial charge in [0.15, 0.2) is 0 Å². The lowest BCUT2D eigenvalue weighted by Crippen LogP contribution is -2.34. The summed E-state index contributed by atoms with van der Waals surface area (Å²) < 4.78 is 45.7. The second kappa shape index (κ2) is 16.8. The Kier molecular flexibility index (Phi) is 12.0. The number of hydrogen-bond acceptors (Lipinski definition) is 8. The summed E-state index contributed by atoms with van der Waals surface area (Å²) in [6.45, 7) is 1.31. The Hall–Kier alpha value is -6.90. The Morgan fingerprint density at radius 2 is 1.05 bits per heavy atom. The number of carboxylic acids is 1. The molecule has 6 aromatic rings. The van der Waals surface area contributed by atoms with E-state index in [0.717, 1.165) is 11.1 Å². The number of rotatable bonds is 10. The Bertz CT molecular complexity index is 2410. The first-order valence-electron chi connectivity index (χ1n) is 16.7. The largest absolute Gasteiger partial charge is 0.497 e. The molecule has 0 atom stereocenters. The molecule has 2 heterocycles. The number of benzene rings is 4. The number of ether oxygens (including phenoxy) is 2. The fraction of sp³-hybridized carbons (Fsp3) is 0.195. The van der Waals surface area contributed by atoms with Crippen molar-refractivity contribution < 1.29 is 32.5 Å². The normalized spacial score (nSPS) is 11.1. The Labute approximate surface area is 312 Å². The van der Waals surface area contributed by atoms with Crippen molar-refractivity contribution in [3.05, 3.63) is 129 Å². The second-order valence-electron chi connectivity index (χ2n) is 12.2. The van der Waals surface area contributed by atoms with E-state index in [1.165, 1.54) is 9.13 Å². The van der Waals surface area contributed by atoms with E-state index in [1.54, 1.807) is 50.6 Å². The summed E-state index contributed by atoms with van der Waals surface area (Å²) >= 11 is 0. The van der Waals surface area contributed by atoms with E-state index in [9.17, 15) is 33.3 Å². The SMILES string of the molecule is COc1ccc2c(=O)n(CCN(C)CCn3c(C#N)c(-c4ccccc4)c4cc(OC)ccc4c3=O)c(C#N)c(-c3ccccc3)c2c1.O=C(O)C(F)(F)F. The van der Waals surface area contributed by atoms with Crippen LogP contribution in [0.4, 0.5) is 13.2 Å². The zero-order chi connectivity index (χ0) is 39.9. The van der Waals surface area contributed by atoms with E-state index in [4.69, 9.17) is 19.4 Å². The van der Waals surface area contributed by atoms with E-state index in [2.05, 4.69) is 12.1 Å². The van der Waals surface area contributed by atoms with E-state index >= 15 is 0 Å². The van der Waals surface area contributed by atoms with Gasteiger partial charge in [0.05, 0.1) is 14.2 Å². The molecule has 0 aliphatic carbocycles. The van der Waals surface area contributed by atoms with E-state index in [1.807, 2.05) is 72.6 Å². The standard InChI is InChI=1S/C39H33N5O4.C2HF3O2/c1-42(18-20-43-34(24-40)36(26-10-6-4-7-11-26)32-22-28(47-2)14-16-30(32)38(43)45)19-21-44-35(25-41)37(27-12-8-5-9-13-27)33-23-29(48-3)15-17-31(33)39(44)46;3-2(4,5)1(6)7/h4-17,22-23H,18-21H2,1-3H3;(H,6,7). The second-order valence-corrected chi connectivity index (χ2v) is 12.2. The number of pyridine rings is 2. The van der Waals surface area contributed by atoms with Crippen molar-refractivity contribution in [1.29, 1.82) is 10.5 Å². The van der Waals surface area contributed by atoms with Crippen molar-refractivity contribution in [3.63, 3.8) is 0 Å². The maximum Gasteiger partial charge on any atom is 0.490 e. The van der Waals surface area contributed by atoms with Gasteiger partial charge in [-0.15, -0.1) is 0 Å². The van der Waals surface area contributed by atoms with Crippen LogP contribution in [0.3, 0.4) is 0 Å². The molecule has 0 aliphatic rings. The summed E-state index contributed by atoms with van der Waals surface area (Å²) in [7, 11) is 5.02. The van der Waals surface area contributed by atoms with Gasteiger partial charge in [0, 0.05) is 58.9 Å². The lowest BCUT2D eigenvalue weighted by Gasteiger charge is -2.22. The summed E-state index contributed by atoms with van der Waals surface area (Å²) in [4.78, 5) is 38.5. The summed E-state index contributed by atoms with van der Waals surface area (Å²) in [5.74, 6) is -1.57. The third-order valence-corrected chi connectivity index (χ3v) is 8.95. The first-order chi connectivity index (χ1) is 26.3. The average Bonchev–Trinajstić information content (AvgIpc) is 3.19. The minimum absolute atomic E-state index is 0.243. The summed E-state index contributed by atoms with van der Waals surface area (Å²) in [6, 6.07) is 34.2. The molecule has 0 saturated heterocycles. The minimum atomic E-state index is -5.08. The molecule has 0 spiro atoms. The molecule has 2 aromatic heterocycles. The van der Waals surface area contributed by atoms with Crippen LogP contribution in [0, 0.1) is 22.7 Å². The summed E-state index contributed by atoms with van der Waals surface area (Å²) in [5.41, 5.74) is 2.97. The molecule has 0 aliphatic heterocycles. The first-order valence-corrected chi connectivity index (χ1v) is 16.7. The van der Waals surface area contributed by atoms with Crippen LogP contribution in [0.1, 0.15) is 11.4 Å². The molecule has 0 radical (unpaired) electrons. The number of nitriles is 2. The van der Waals surface area contributed by atoms with Crippen LogP contribution in [0.15, 0.2) is 107 Å². The minimum Gasteiger partial charge on any atom is -0.497 e. The predicted octanol–water partition coefficient (Wildman–Crippen LogP) is 6.68. The van der Waals surface area contributed by atoms with Gasteiger partial charge in [0.1, 0.15) is 35.0 Å². The van der Waals surface area contributed by atoms with Gasteiger partial charge in [-0.3, -0.25) is 18.7 Å².